The Labute approximate surface area is 113 Å². The van der Waals surface area contributed by atoms with Crippen LogP contribution < -0.4 is 22.8 Å². The normalized spacial score (nSPS) is 9.95. The number of pyridine rings is 1. The van der Waals surface area contributed by atoms with Crippen molar-refractivity contribution in [3.63, 3.8) is 0 Å². The van der Waals surface area contributed by atoms with E-state index in [1.807, 2.05) is 0 Å². The van der Waals surface area contributed by atoms with Gasteiger partial charge in [0.05, 0.1) is 11.4 Å². The molecule has 0 fully saturated rings. The van der Waals surface area contributed by atoms with E-state index in [2.05, 4.69) is 0 Å². The van der Waals surface area contributed by atoms with E-state index in [1.54, 1.807) is 36.4 Å². The maximum absolute atomic E-state index is 12.2. The number of hydrogen-bond donors (Lipinski definition) is 3. The molecule has 0 aliphatic heterocycles. The van der Waals surface area contributed by atoms with Crippen LogP contribution in [-0.2, 0) is 0 Å². The number of nitrogens with two attached hydrogens (primary N) is 3. The first kappa shape index (κ1) is 13.2. The molecule has 1 aromatic carbocycles. The Morgan fingerprint density at radius 3 is 2.30 bits per heavy atom. The van der Waals surface area contributed by atoms with Gasteiger partial charge in [0.25, 0.3) is 11.5 Å². The van der Waals surface area contributed by atoms with Gasteiger partial charge in [-0.15, -0.1) is 0 Å². The van der Waals surface area contributed by atoms with E-state index in [1.165, 1.54) is 0 Å². The maximum Gasteiger partial charge on any atom is 0.276 e. The summed E-state index contributed by atoms with van der Waals surface area (Å²) in [5.74, 6) is -1.09. The van der Waals surface area contributed by atoms with Crippen LogP contribution >= 0.6 is 0 Å². The van der Waals surface area contributed by atoms with Gasteiger partial charge in [0.1, 0.15) is 23.0 Å². The van der Waals surface area contributed by atoms with Gasteiger partial charge < -0.3 is 17.2 Å². The highest BCUT2D eigenvalue weighted by atomic mass is 16.1. The average molecular weight is 269 g/mol. The number of nitrogens with zero attached hydrogens (tertiary/aromatic N) is 2. The molecule has 0 atom stereocenters. The van der Waals surface area contributed by atoms with Crippen LogP contribution in [0.3, 0.4) is 0 Å². The number of para-hydroxylation sites is 1. The molecular formula is C13H11N5O2. The van der Waals surface area contributed by atoms with Crippen molar-refractivity contribution in [2.75, 3.05) is 11.5 Å². The zero-order chi connectivity index (χ0) is 14.9. The highest BCUT2D eigenvalue weighted by Gasteiger charge is 2.22. The Balaban J connectivity index is 2.97. The standard InChI is InChI=1S/C13H11N5O2/c14-6-8-10(15)9(12(17)19)11(16)18(13(8)20)7-4-2-1-3-5-7/h1-5H,15-16H2,(H2,17,19). The van der Waals surface area contributed by atoms with E-state index in [0.29, 0.717) is 5.69 Å². The molecule has 2 rings (SSSR count). The minimum Gasteiger partial charge on any atom is -0.397 e. The molecular weight excluding hydrogens is 258 g/mol. The highest BCUT2D eigenvalue weighted by molar-refractivity contribution is 6.03. The predicted molar refractivity (Wildman–Crippen MR) is 74.1 cm³/mol. The van der Waals surface area contributed by atoms with Gasteiger partial charge in [-0.3, -0.25) is 14.2 Å². The fourth-order valence-corrected chi connectivity index (χ4v) is 1.91. The van der Waals surface area contributed by atoms with E-state index in [0.717, 1.165) is 4.57 Å². The lowest BCUT2D eigenvalue weighted by Crippen LogP contribution is -2.30. The summed E-state index contributed by atoms with van der Waals surface area (Å²) in [5.41, 5.74) is 15.5. The molecule has 20 heavy (non-hydrogen) atoms. The average Bonchev–Trinajstić information content (AvgIpc) is 2.39. The molecule has 1 heterocycles. The SMILES string of the molecule is N#Cc1c(N)c(C(N)=O)c(N)n(-c2ccccc2)c1=O. The summed E-state index contributed by atoms with van der Waals surface area (Å²) < 4.78 is 1.04. The smallest absolute Gasteiger partial charge is 0.276 e. The summed E-state index contributed by atoms with van der Waals surface area (Å²) in [4.78, 5) is 23.7. The van der Waals surface area contributed by atoms with Crippen LogP contribution in [0.1, 0.15) is 15.9 Å². The van der Waals surface area contributed by atoms with Crippen LogP contribution in [0.5, 0.6) is 0 Å². The van der Waals surface area contributed by atoms with Gasteiger partial charge in [0.15, 0.2) is 0 Å². The Bertz CT molecular complexity index is 787. The Morgan fingerprint density at radius 2 is 1.80 bits per heavy atom. The summed E-state index contributed by atoms with van der Waals surface area (Å²) in [5, 5.41) is 9.03. The molecule has 0 aliphatic carbocycles. The van der Waals surface area contributed by atoms with E-state index in [9.17, 15) is 9.59 Å². The summed E-state index contributed by atoms with van der Waals surface area (Å²) in [6, 6.07) is 10.0. The lowest BCUT2D eigenvalue weighted by atomic mass is 10.1. The second kappa shape index (κ2) is 4.78. The molecule has 0 spiro atoms. The van der Waals surface area contributed by atoms with E-state index in [-0.39, 0.29) is 22.6 Å². The molecule has 100 valence electrons. The second-order valence-electron chi connectivity index (χ2n) is 4.00. The monoisotopic (exact) mass is 269 g/mol. The fourth-order valence-electron chi connectivity index (χ4n) is 1.91. The van der Waals surface area contributed by atoms with E-state index < -0.39 is 11.5 Å². The molecule has 1 aromatic heterocycles. The van der Waals surface area contributed by atoms with Crippen LogP contribution in [0.15, 0.2) is 35.1 Å². The number of primary amides is 1. The number of nitriles is 1. The highest BCUT2D eigenvalue weighted by Crippen LogP contribution is 2.22. The van der Waals surface area contributed by atoms with Gasteiger partial charge in [-0.25, -0.2) is 0 Å². The zero-order valence-electron chi connectivity index (χ0n) is 10.3. The molecule has 0 unspecified atom stereocenters. The molecule has 7 heteroatoms. The van der Waals surface area contributed by atoms with Gasteiger partial charge in [0.2, 0.25) is 0 Å². The van der Waals surface area contributed by atoms with Crippen molar-refractivity contribution in [3.8, 4) is 11.8 Å². The van der Waals surface area contributed by atoms with Crippen molar-refractivity contribution in [2.24, 2.45) is 5.73 Å². The van der Waals surface area contributed by atoms with E-state index >= 15 is 0 Å². The summed E-state index contributed by atoms with van der Waals surface area (Å²) in [7, 11) is 0. The molecule has 0 bridgehead atoms. The number of nitrogen functional groups attached to an aromatic ring is 2. The quantitative estimate of drug-likeness (QED) is 0.702. The molecule has 0 saturated carbocycles. The van der Waals surface area contributed by atoms with Crippen molar-refractivity contribution >= 4 is 17.4 Å². The Kier molecular flexibility index (Phi) is 3.15. The first-order valence-electron chi connectivity index (χ1n) is 5.58. The molecule has 0 saturated heterocycles. The van der Waals surface area contributed by atoms with Crippen molar-refractivity contribution in [1.82, 2.24) is 4.57 Å². The number of benzene rings is 1. The summed E-state index contributed by atoms with van der Waals surface area (Å²) in [6.45, 7) is 0. The molecule has 1 amide bonds. The lowest BCUT2D eigenvalue weighted by Gasteiger charge is -2.15. The number of carbonyl (C=O) groups is 1. The minimum absolute atomic E-state index is 0.190. The van der Waals surface area contributed by atoms with Crippen molar-refractivity contribution < 1.29 is 4.79 Å². The Morgan fingerprint density at radius 1 is 1.20 bits per heavy atom. The summed E-state index contributed by atoms with van der Waals surface area (Å²) in [6.07, 6.45) is 0. The van der Waals surface area contributed by atoms with Gasteiger partial charge in [-0.05, 0) is 12.1 Å². The largest absolute Gasteiger partial charge is 0.397 e. The number of hydrogen-bond acceptors (Lipinski definition) is 5. The molecule has 0 aliphatic rings. The van der Waals surface area contributed by atoms with Crippen LogP contribution in [0.4, 0.5) is 11.5 Å². The van der Waals surface area contributed by atoms with Crippen molar-refractivity contribution in [2.45, 2.75) is 0 Å². The van der Waals surface area contributed by atoms with Crippen molar-refractivity contribution in [1.29, 1.82) is 5.26 Å². The lowest BCUT2D eigenvalue weighted by molar-refractivity contribution is 0.100. The predicted octanol–water partition coefficient (Wildman–Crippen LogP) is -0.0275. The van der Waals surface area contributed by atoms with Gasteiger partial charge in [-0.1, -0.05) is 18.2 Å². The van der Waals surface area contributed by atoms with Gasteiger partial charge in [-0.2, -0.15) is 5.26 Å². The number of amides is 1. The zero-order valence-corrected chi connectivity index (χ0v) is 10.3. The van der Waals surface area contributed by atoms with Crippen LogP contribution in [-0.4, -0.2) is 10.5 Å². The molecule has 2 aromatic rings. The third kappa shape index (κ3) is 1.85. The third-order valence-electron chi connectivity index (χ3n) is 2.83. The minimum atomic E-state index is -0.902. The topological polar surface area (TPSA) is 141 Å². The molecule has 6 N–H and O–H groups in total. The number of rotatable bonds is 2. The number of anilines is 2. The van der Waals surface area contributed by atoms with E-state index in [4.69, 9.17) is 22.5 Å². The van der Waals surface area contributed by atoms with Crippen LogP contribution in [0.2, 0.25) is 0 Å². The number of carbonyl (C=O) groups excluding carboxylic acids is 1. The third-order valence-corrected chi connectivity index (χ3v) is 2.83. The van der Waals surface area contributed by atoms with Crippen molar-refractivity contribution in [3.05, 3.63) is 51.8 Å². The van der Waals surface area contributed by atoms with Gasteiger partial charge in [0, 0.05) is 0 Å². The summed E-state index contributed by atoms with van der Waals surface area (Å²) >= 11 is 0. The first-order chi connectivity index (χ1) is 9.49. The maximum atomic E-state index is 12.2. The van der Waals surface area contributed by atoms with Gasteiger partial charge >= 0.3 is 0 Å². The van der Waals surface area contributed by atoms with Crippen LogP contribution in [0, 0.1) is 11.3 Å². The number of aromatic nitrogens is 1. The molecule has 0 radical (unpaired) electrons. The first-order valence-corrected chi connectivity index (χ1v) is 5.58. The Hall–Kier alpha value is -3.27. The fraction of sp³-hybridized carbons (Fsp3) is 0. The molecule has 7 nitrogen and oxygen atoms in total. The van der Waals surface area contributed by atoms with Crippen LogP contribution in [0.25, 0.3) is 5.69 Å². The second-order valence-corrected chi connectivity index (χ2v) is 4.00.